The van der Waals surface area contributed by atoms with Gasteiger partial charge in [0, 0.05) is 0 Å². The molecule has 40 valence electrons. The molecule has 0 aromatic rings. The molecule has 0 nitrogen and oxygen atoms in total. The van der Waals surface area contributed by atoms with Gasteiger partial charge >= 0.3 is 54.0 Å². The Hall–Kier alpha value is 0.470. The number of hydrogen-bond acceptors (Lipinski definition) is 0. The van der Waals surface area contributed by atoms with E-state index in [0.29, 0.717) is 21.2 Å². The molecular weight excluding hydrogens is 199 g/mol. The van der Waals surface area contributed by atoms with E-state index in [1.54, 1.807) is 8.86 Å². The summed E-state index contributed by atoms with van der Waals surface area (Å²) < 4.78 is 3.10. The summed E-state index contributed by atoms with van der Waals surface area (Å²) in [6.07, 6.45) is 2.93. The first-order chi connectivity index (χ1) is 3.47. The Labute approximate surface area is 54.2 Å². The summed E-state index contributed by atoms with van der Waals surface area (Å²) in [6.45, 7) is 0. The molecule has 0 atom stereocenters. The molecule has 0 bridgehead atoms. The molecule has 1 aliphatic carbocycles. The molecule has 0 fully saturated rings. The van der Waals surface area contributed by atoms with Gasteiger partial charge in [-0.15, -0.1) is 0 Å². The van der Waals surface area contributed by atoms with Crippen LogP contribution >= 0.6 is 0 Å². The minimum absolute atomic E-state index is 0.650. The zero-order chi connectivity index (χ0) is 4.69. The van der Waals surface area contributed by atoms with Crippen molar-refractivity contribution in [1.29, 1.82) is 0 Å². The van der Waals surface area contributed by atoms with Crippen LogP contribution in [0.15, 0.2) is 11.1 Å². The van der Waals surface area contributed by atoms with E-state index >= 15 is 0 Å². The van der Waals surface area contributed by atoms with Gasteiger partial charge in [-0.1, -0.05) is 0 Å². The second-order valence-electron chi connectivity index (χ2n) is 2.16. The summed E-state index contributed by atoms with van der Waals surface area (Å²) in [5.74, 6) is 0. The summed E-state index contributed by atoms with van der Waals surface area (Å²) in [7, 11) is 0. The predicted octanol–water partition coefficient (Wildman–Crippen LogP) is -1.82. The van der Waals surface area contributed by atoms with Crippen LogP contribution in [-0.2, 0) is 0 Å². The molecule has 0 radical (unpaired) electrons. The molecule has 0 saturated heterocycles. The number of hydrogen-bond donors (Lipinski definition) is 0. The van der Waals surface area contributed by atoms with Crippen molar-refractivity contribution < 1.29 is 21.2 Å². The first-order valence-electron chi connectivity index (χ1n) is 2.70. The topological polar surface area (TPSA) is 0 Å². The molecule has 0 saturated carbocycles. The van der Waals surface area contributed by atoms with Crippen LogP contribution in [0.2, 0.25) is 0 Å². The Bertz CT molecular complexity index is 110. The average Bonchev–Trinajstić information content (AvgIpc) is 1.85. The van der Waals surface area contributed by atoms with Crippen molar-refractivity contribution in [3.8, 4) is 0 Å². The van der Waals surface area contributed by atoms with Gasteiger partial charge in [0.25, 0.3) is 0 Å². The third-order valence-electron chi connectivity index (χ3n) is 1.74. The number of rotatable bonds is 0. The van der Waals surface area contributed by atoms with Gasteiger partial charge in [-0.2, -0.15) is 0 Å². The molecule has 0 spiro atoms. The van der Waals surface area contributed by atoms with E-state index in [4.69, 9.17) is 0 Å². The van der Waals surface area contributed by atoms with Crippen molar-refractivity contribution in [2.75, 3.05) is 8.86 Å². The maximum atomic E-state index is 1.85. The third-order valence-corrected chi connectivity index (χ3v) is 4.66. The van der Waals surface area contributed by atoms with Crippen molar-refractivity contribution in [2.24, 2.45) is 0 Å². The first-order valence-corrected chi connectivity index (χ1v) is 5.75. The van der Waals surface area contributed by atoms with Crippen molar-refractivity contribution in [3.05, 3.63) is 11.1 Å². The van der Waals surface area contributed by atoms with Gasteiger partial charge in [0.2, 0.25) is 0 Å². The molecule has 1 heteroatoms. The summed E-state index contributed by atoms with van der Waals surface area (Å²) in [6, 6.07) is 0. The molecule has 0 aromatic heterocycles. The maximum absolute atomic E-state index is 1.85. The standard InChI is InChI=1S/C6H8I/c1-2-6-4-7-3-5(1)6/h1-4H2/q-1. The zero-order valence-electron chi connectivity index (χ0n) is 4.21. The predicted molar refractivity (Wildman–Crippen MR) is 26.0 cm³/mol. The van der Waals surface area contributed by atoms with E-state index < -0.39 is 0 Å². The molecular formula is C6H8I-. The van der Waals surface area contributed by atoms with E-state index in [1.807, 2.05) is 11.1 Å². The van der Waals surface area contributed by atoms with E-state index in [2.05, 4.69) is 0 Å². The molecule has 1 heterocycles. The fourth-order valence-electron chi connectivity index (χ4n) is 1.08. The Morgan fingerprint density at radius 2 is 1.57 bits per heavy atom. The summed E-state index contributed by atoms with van der Waals surface area (Å²) in [5.41, 5.74) is 3.71. The molecule has 7 heavy (non-hydrogen) atoms. The van der Waals surface area contributed by atoms with Gasteiger partial charge in [-0.05, 0) is 0 Å². The minimum atomic E-state index is 0.650. The van der Waals surface area contributed by atoms with E-state index in [-0.39, 0.29) is 0 Å². The summed E-state index contributed by atoms with van der Waals surface area (Å²) >= 11 is 0.650. The second kappa shape index (κ2) is 1.47. The van der Waals surface area contributed by atoms with Crippen LogP contribution in [0.5, 0.6) is 0 Å². The van der Waals surface area contributed by atoms with E-state index in [0.717, 1.165) is 0 Å². The molecule has 0 amide bonds. The Balaban J connectivity index is 2.29. The SMILES string of the molecule is C1CC2=C1C[I-]C2. The molecule has 2 aliphatic rings. The van der Waals surface area contributed by atoms with Crippen molar-refractivity contribution in [1.82, 2.24) is 0 Å². The van der Waals surface area contributed by atoms with Gasteiger partial charge < -0.3 is 0 Å². The van der Waals surface area contributed by atoms with Crippen LogP contribution in [0.1, 0.15) is 12.8 Å². The van der Waals surface area contributed by atoms with Crippen molar-refractivity contribution >= 4 is 0 Å². The number of alkyl halides is 2. The van der Waals surface area contributed by atoms with Crippen LogP contribution in [-0.4, -0.2) is 8.86 Å². The first kappa shape index (κ1) is 4.36. The van der Waals surface area contributed by atoms with Gasteiger partial charge in [-0.3, -0.25) is 0 Å². The molecule has 0 N–H and O–H groups in total. The second-order valence-corrected chi connectivity index (χ2v) is 4.77. The normalized spacial score (nSPS) is 28.6. The molecule has 0 aromatic carbocycles. The van der Waals surface area contributed by atoms with Crippen LogP contribution in [0.4, 0.5) is 0 Å². The summed E-state index contributed by atoms with van der Waals surface area (Å²) in [5, 5.41) is 0. The molecule has 0 unspecified atom stereocenters. The van der Waals surface area contributed by atoms with E-state index in [1.165, 1.54) is 12.8 Å². The zero-order valence-corrected chi connectivity index (χ0v) is 6.36. The van der Waals surface area contributed by atoms with Gasteiger partial charge in [-0.25, -0.2) is 0 Å². The van der Waals surface area contributed by atoms with E-state index in [9.17, 15) is 0 Å². The van der Waals surface area contributed by atoms with Crippen LogP contribution in [0, 0.1) is 0 Å². The van der Waals surface area contributed by atoms with Crippen LogP contribution in [0.3, 0.4) is 0 Å². The fraction of sp³-hybridized carbons (Fsp3) is 0.667. The molecule has 1 aliphatic heterocycles. The Morgan fingerprint density at radius 1 is 1.00 bits per heavy atom. The summed E-state index contributed by atoms with van der Waals surface area (Å²) in [4.78, 5) is 0. The monoisotopic (exact) mass is 207 g/mol. The average molecular weight is 207 g/mol. The van der Waals surface area contributed by atoms with Crippen LogP contribution in [0.25, 0.3) is 0 Å². The van der Waals surface area contributed by atoms with Crippen molar-refractivity contribution in [2.45, 2.75) is 12.8 Å². The Morgan fingerprint density at radius 3 is 1.86 bits per heavy atom. The van der Waals surface area contributed by atoms with Crippen LogP contribution < -0.4 is 21.2 Å². The third kappa shape index (κ3) is 0.540. The van der Waals surface area contributed by atoms with Gasteiger partial charge in [0.1, 0.15) is 0 Å². The quantitative estimate of drug-likeness (QED) is 0.249. The van der Waals surface area contributed by atoms with Crippen molar-refractivity contribution in [3.63, 3.8) is 0 Å². The van der Waals surface area contributed by atoms with Gasteiger partial charge in [0.05, 0.1) is 0 Å². The molecule has 2 rings (SSSR count). The fourth-order valence-corrected chi connectivity index (χ4v) is 4.49. The van der Waals surface area contributed by atoms with Gasteiger partial charge in [0.15, 0.2) is 0 Å². The number of allylic oxidation sites excluding steroid dienone is 2. The Kier molecular flexibility index (Phi) is 0.916. The number of halogens is 1.